The average molecular weight is 513 g/mol. The Kier molecular flexibility index (Phi) is 5.74. The number of ether oxygens (including phenoxy) is 1. The molecule has 2 aromatic carbocycles. The molecule has 34 heavy (non-hydrogen) atoms. The molecule has 5 nitrogen and oxygen atoms in total. The Morgan fingerprint density at radius 1 is 1.15 bits per heavy atom. The molecule has 2 heterocycles. The highest BCUT2D eigenvalue weighted by Crippen LogP contribution is 2.64. The van der Waals surface area contributed by atoms with Gasteiger partial charge in [0.1, 0.15) is 12.3 Å². The van der Waals surface area contributed by atoms with Crippen LogP contribution in [0.4, 0.5) is 5.69 Å². The van der Waals surface area contributed by atoms with E-state index < -0.39 is 0 Å². The van der Waals surface area contributed by atoms with Crippen molar-refractivity contribution in [3.63, 3.8) is 0 Å². The molecule has 6 rings (SSSR count). The number of benzene rings is 2. The van der Waals surface area contributed by atoms with Crippen molar-refractivity contribution in [3.05, 3.63) is 73.7 Å². The number of amides is 1. The number of thiazole rings is 1. The number of carbonyl (C=O) groups excluding carboxylic acids is 1. The molecule has 1 N–H and O–H groups in total. The van der Waals surface area contributed by atoms with Crippen molar-refractivity contribution in [1.82, 2.24) is 4.57 Å². The Balaban J connectivity index is 1.38. The summed E-state index contributed by atoms with van der Waals surface area (Å²) in [5.41, 5.74) is 1.83. The van der Waals surface area contributed by atoms with Crippen LogP contribution in [-0.4, -0.2) is 22.8 Å². The minimum absolute atomic E-state index is 0.00438. The number of rotatable bonds is 5. The molecule has 0 radical (unpaired) electrons. The van der Waals surface area contributed by atoms with Gasteiger partial charge in [0.25, 0.3) is 0 Å². The molecule has 3 aliphatic rings. The van der Waals surface area contributed by atoms with Crippen LogP contribution >= 0.6 is 34.7 Å². The Morgan fingerprint density at radius 3 is 2.71 bits per heavy atom. The van der Waals surface area contributed by atoms with Crippen molar-refractivity contribution in [2.45, 2.75) is 42.0 Å². The molecule has 2 fully saturated rings. The van der Waals surface area contributed by atoms with E-state index in [2.05, 4.69) is 17.4 Å². The number of hydrogen-bond donors (Lipinski definition) is 1. The van der Waals surface area contributed by atoms with Gasteiger partial charge >= 0.3 is 4.87 Å². The zero-order valence-corrected chi connectivity index (χ0v) is 21.1. The first-order chi connectivity index (χ1) is 16.5. The number of anilines is 1. The Morgan fingerprint density at radius 2 is 1.91 bits per heavy atom. The second-order valence-electron chi connectivity index (χ2n) is 9.39. The Bertz CT molecular complexity index is 1300. The number of carbonyl (C=O) groups is 1. The van der Waals surface area contributed by atoms with Crippen molar-refractivity contribution in [3.8, 4) is 5.75 Å². The highest BCUT2D eigenvalue weighted by Gasteiger charge is 2.55. The first-order valence-electron chi connectivity index (χ1n) is 11.6. The van der Waals surface area contributed by atoms with Crippen LogP contribution < -0.4 is 14.9 Å². The maximum absolute atomic E-state index is 13.2. The van der Waals surface area contributed by atoms with Crippen molar-refractivity contribution >= 4 is 46.3 Å². The van der Waals surface area contributed by atoms with E-state index in [1.807, 2.05) is 23.9 Å². The number of para-hydroxylation sites is 1. The van der Waals surface area contributed by atoms with Crippen LogP contribution in [0.2, 0.25) is 5.02 Å². The van der Waals surface area contributed by atoms with Gasteiger partial charge in [-0.2, -0.15) is 0 Å². The molecule has 0 saturated heterocycles. The lowest BCUT2D eigenvalue weighted by Gasteiger charge is -2.40. The minimum Gasteiger partial charge on any atom is -0.496 e. The van der Waals surface area contributed by atoms with Gasteiger partial charge in [-0.15, -0.1) is 11.8 Å². The summed E-state index contributed by atoms with van der Waals surface area (Å²) in [5.74, 6) is 2.66. The van der Waals surface area contributed by atoms with Crippen LogP contribution in [-0.2, 0) is 11.3 Å². The standard InChI is InChI=1S/C26H25ClN2O3S2/c1-32-19-5-3-2-4-18(19)22-21-14-6-7-15(12-14)23(21)33-25-24(22)34-26(31)29(25)13-20(30)28-17-10-8-16(27)9-11-17/h2-5,8-11,14-15,21-23H,6-7,12-13H2,1H3,(H,28,30)/t14?,15?,21?,22-,23?/m1/s1. The summed E-state index contributed by atoms with van der Waals surface area (Å²) in [5, 5.41) is 4.94. The van der Waals surface area contributed by atoms with E-state index in [-0.39, 0.29) is 23.2 Å². The van der Waals surface area contributed by atoms with Crippen molar-refractivity contribution in [1.29, 1.82) is 0 Å². The fourth-order valence-corrected chi connectivity index (χ4v) is 9.50. The molecule has 2 saturated carbocycles. The molecular formula is C26H25ClN2O3S2. The predicted octanol–water partition coefficient (Wildman–Crippen LogP) is 5.86. The van der Waals surface area contributed by atoms with Gasteiger partial charge in [-0.3, -0.25) is 14.2 Å². The van der Waals surface area contributed by atoms with Gasteiger partial charge in [0.15, 0.2) is 0 Å². The fraction of sp³-hybridized carbons (Fsp3) is 0.385. The van der Waals surface area contributed by atoms with E-state index in [1.54, 1.807) is 35.9 Å². The summed E-state index contributed by atoms with van der Waals surface area (Å²) < 4.78 is 7.44. The molecule has 2 bridgehead atoms. The number of aromatic nitrogens is 1. The van der Waals surface area contributed by atoms with Gasteiger partial charge in [0.05, 0.1) is 12.1 Å². The number of thioether (sulfide) groups is 1. The van der Waals surface area contributed by atoms with E-state index in [9.17, 15) is 9.59 Å². The molecule has 1 aromatic heterocycles. The highest BCUT2D eigenvalue weighted by atomic mass is 35.5. The number of halogens is 1. The summed E-state index contributed by atoms with van der Waals surface area (Å²) in [6, 6.07) is 15.2. The lowest BCUT2D eigenvalue weighted by Crippen LogP contribution is -2.35. The molecule has 8 heteroatoms. The van der Waals surface area contributed by atoms with Crippen LogP contribution in [0.1, 0.15) is 35.6 Å². The maximum Gasteiger partial charge on any atom is 0.308 e. The molecule has 2 aliphatic carbocycles. The second-order valence-corrected chi connectivity index (χ2v) is 12.0. The third kappa shape index (κ3) is 3.69. The summed E-state index contributed by atoms with van der Waals surface area (Å²) >= 11 is 9.09. The van der Waals surface area contributed by atoms with E-state index in [0.29, 0.717) is 33.7 Å². The summed E-state index contributed by atoms with van der Waals surface area (Å²) in [6.45, 7) is 0.00438. The number of methoxy groups -OCH3 is 1. The van der Waals surface area contributed by atoms with E-state index in [4.69, 9.17) is 16.3 Å². The molecule has 1 aliphatic heterocycles. The van der Waals surface area contributed by atoms with Crippen LogP contribution in [0, 0.1) is 17.8 Å². The average Bonchev–Trinajstić information content (AvgIpc) is 3.54. The largest absolute Gasteiger partial charge is 0.496 e. The third-order valence-corrected chi connectivity index (χ3v) is 10.7. The van der Waals surface area contributed by atoms with Crippen LogP contribution in [0.5, 0.6) is 5.75 Å². The smallest absolute Gasteiger partial charge is 0.308 e. The lowest BCUT2D eigenvalue weighted by atomic mass is 9.74. The number of hydrogen-bond acceptors (Lipinski definition) is 5. The molecule has 176 valence electrons. The summed E-state index contributed by atoms with van der Waals surface area (Å²) in [7, 11) is 1.71. The number of nitrogens with zero attached hydrogens (tertiary/aromatic N) is 1. The van der Waals surface area contributed by atoms with Crippen molar-refractivity contribution in [2.24, 2.45) is 17.8 Å². The van der Waals surface area contributed by atoms with Crippen molar-refractivity contribution < 1.29 is 9.53 Å². The maximum atomic E-state index is 13.2. The first-order valence-corrected chi connectivity index (χ1v) is 13.7. The quantitative estimate of drug-likeness (QED) is 0.465. The van der Waals surface area contributed by atoms with Crippen molar-refractivity contribution in [2.75, 3.05) is 12.4 Å². The summed E-state index contributed by atoms with van der Waals surface area (Å²) in [6.07, 6.45) is 3.80. The number of nitrogens with one attached hydrogen (secondary N) is 1. The normalized spacial score (nSPS) is 26.7. The zero-order chi connectivity index (χ0) is 23.4. The zero-order valence-electron chi connectivity index (χ0n) is 18.7. The van der Waals surface area contributed by atoms with E-state index >= 15 is 0 Å². The molecule has 3 aromatic rings. The monoisotopic (exact) mass is 512 g/mol. The molecule has 4 unspecified atom stereocenters. The molecule has 5 atom stereocenters. The highest BCUT2D eigenvalue weighted by molar-refractivity contribution is 8.00. The topological polar surface area (TPSA) is 60.3 Å². The van der Waals surface area contributed by atoms with Gasteiger partial charge in [-0.25, -0.2) is 0 Å². The van der Waals surface area contributed by atoms with E-state index in [0.717, 1.165) is 21.2 Å². The van der Waals surface area contributed by atoms with Crippen LogP contribution in [0.15, 0.2) is 58.4 Å². The SMILES string of the molecule is COc1ccccc1[C@H]1c2sc(=O)n(CC(=O)Nc3ccc(Cl)cc3)c2SC2C3CCC(C3)C21. The van der Waals surface area contributed by atoms with Gasteiger partial charge in [0, 0.05) is 32.3 Å². The molecular weight excluding hydrogens is 488 g/mol. The lowest BCUT2D eigenvalue weighted by molar-refractivity contribution is -0.116. The minimum atomic E-state index is -0.213. The predicted molar refractivity (Wildman–Crippen MR) is 137 cm³/mol. The van der Waals surface area contributed by atoms with E-state index in [1.165, 1.54) is 30.6 Å². The fourth-order valence-electron chi connectivity index (χ4n) is 6.24. The van der Waals surface area contributed by atoms with Crippen LogP contribution in [0.3, 0.4) is 0 Å². The van der Waals surface area contributed by atoms with Gasteiger partial charge < -0.3 is 10.1 Å². The molecule has 0 spiro atoms. The Labute approximate surface area is 211 Å². The Hall–Kier alpha value is -2.22. The third-order valence-electron chi connectivity index (χ3n) is 7.59. The first kappa shape index (κ1) is 22.3. The van der Waals surface area contributed by atoms with Gasteiger partial charge in [-0.1, -0.05) is 41.1 Å². The van der Waals surface area contributed by atoms with Gasteiger partial charge in [-0.05, 0) is 67.3 Å². The number of fused-ring (bicyclic) bond motifs is 6. The molecule has 1 amide bonds. The van der Waals surface area contributed by atoms with Gasteiger partial charge in [0.2, 0.25) is 5.91 Å². The summed E-state index contributed by atoms with van der Waals surface area (Å²) in [4.78, 5) is 27.1. The second kappa shape index (κ2) is 8.77. The van der Waals surface area contributed by atoms with Crippen LogP contribution in [0.25, 0.3) is 0 Å².